The molecular weight excluding hydrogens is 296 g/mol. The van der Waals surface area contributed by atoms with Gasteiger partial charge in [-0.3, -0.25) is 0 Å². The van der Waals surface area contributed by atoms with Crippen molar-refractivity contribution in [1.82, 2.24) is 15.2 Å². The van der Waals surface area contributed by atoms with Gasteiger partial charge < -0.3 is 15.2 Å². The number of hydrogen-bond acceptors (Lipinski definition) is 7. The summed E-state index contributed by atoms with van der Waals surface area (Å²) < 4.78 is 34.2. The lowest BCUT2D eigenvalue weighted by atomic mass is 10.3. The first-order valence-electron chi connectivity index (χ1n) is 6.19. The Bertz CT molecular complexity index is 682. The van der Waals surface area contributed by atoms with Crippen LogP contribution in [0.5, 0.6) is 11.5 Å². The molecule has 0 fully saturated rings. The number of nitrogens with one attached hydrogen (secondary N) is 1. The van der Waals surface area contributed by atoms with Gasteiger partial charge in [-0.05, 0) is 30.7 Å². The Morgan fingerprint density at radius 3 is 2.48 bits per heavy atom. The Morgan fingerprint density at radius 1 is 1.24 bits per heavy atom. The zero-order valence-corrected chi connectivity index (χ0v) is 12.3. The molecule has 2 aromatic rings. The van der Waals surface area contributed by atoms with Gasteiger partial charge in [0.05, 0.1) is 19.5 Å². The number of hydrogen-bond donors (Lipinski definition) is 2. The minimum atomic E-state index is -3.51. The molecule has 0 unspecified atom stereocenters. The average molecular weight is 312 g/mol. The minimum Gasteiger partial charge on any atom is -0.497 e. The third-order valence-electron chi connectivity index (χ3n) is 2.66. The molecule has 0 aliphatic heterocycles. The summed E-state index contributed by atoms with van der Waals surface area (Å²) >= 11 is 0. The normalized spacial score (nSPS) is 11.3. The number of aromatic amines is 1. The first-order valence-corrected chi connectivity index (χ1v) is 7.84. The van der Waals surface area contributed by atoms with Crippen molar-refractivity contribution in [3.63, 3.8) is 0 Å². The van der Waals surface area contributed by atoms with Gasteiger partial charge in [-0.2, -0.15) is 4.98 Å². The Labute approximate surface area is 122 Å². The highest BCUT2D eigenvalue weighted by Gasteiger charge is 2.18. The zero-order valence-electron chi connectivity index (χ0n) is 11.4. The van der Waals surface area contributed by atoms with Crippen LogP contribution < -0.4 is 15.2 Å². The molecule has 114 valence electrons. The van der Waals surface area contributed by atoms with Gasteiger partial charge in [-0.1, -0.05) is 0 Å². The number of nitrogens with two attached hydrogens (primary N) is 1. The smallest absolute Gasteiger partial charge is 0.244 e. The van der Waals surface area contributed by atoms with Crippen molar-refractivity contribution in [3.05, 3.63) is 24.3 Å². The van der Waals surface area contributed by atoms with E-state index < -0.39 is 9.84 Å². The molecule has 21 heavy (non-hydrogen) atoms. The lowest BCUT2D eigenvalue weighted by molar-refractivity contribution is 0.316. The van der Waals surface area contributed by atoms with Gasteiger partial charge in [0.1, 0.15) is 11.5 Å². The van der Waals surface area contributed by atoms with Crippen LogP contribution in [0.2, 0.25) is 0 Å². The maximum absolute atomic E-state index is 11.9. The van der Waals surface area contributed by atoms with E-state index in [1.165, 1.54) is 0 Å². The van der Waals surface area contributed by atoms with E-state index in [9.17, 15) is 8.42 Å². The van der Waals surface area contributed by atoms with Crippen LogP contribution in [0.25, 0.3) is 0 Å². The van der Waals surface area contributed by atoms with Gasteiger partial charge in [0.25, 0.3) is 0 Å². The standard InChI is InChI=1S/C12H16N4O4S/c1-19-9-3-5-10(6-4-9)20-7-2-8-21(17,18)12-14-11(13)15-16-12/h3-6H,2,7-8H2,1H3,(H3,13,14,15,16). The molecule has 9 heteroatoms. The number of nitrogen functional groups attached to an aromatic ring is 1. The van der Waals surface area contributed by atoms with Crippen LogP contribution in [0.1, 0.15) is 6.42 Å². The molecule has 0 aliphatic rings. The number of aromatic nitrogens is 3. The molecule has 8 nitrogen and oxygen atoms in total. The molecule has 2 rings (SSSR count). The molecule has 0 radical (unpaired) electrons. The summed E-state index contributed by atoms with van der Waals surface area (Å²) in [5, 5.41) is 5.56. The summed E-state index contributed by atoms with van der Waals surface area (Å²) in [4.78, 5) is 3.61. The van der Waals surface area contributed by atoms with Crippen molar-refractivity contribution in [2.24, 2.45) is 0 Å². The number of H-pyrrole nitrogens is 1. The lowest BCUT2D eigenvalue weighted by Gasteiger charge is -2.06. The van der Waals surface area contributed by atoms with E-state index in [4.69, 9.17) is 15.2 Å². The van der Waals surface area contributed by atoms with Crippen molar-refractivity contribution >= 4 is 15.8 Å². The number of benzene rings is 1. The van der Waals surface area contributed by atoms with E-state index in [2.05, 4.69) is 15.2 Å². The summed E-state index contributed by atoms with van der Waals surface area (Å²) in [6, 6.07) is 7.04. The number of rotatable bonds is 7. The molecule has 0 atom stereocenters. The minimum absolute atomic E-state index is 0.0944. The highest BCUT2D eigenvalue weighted by atomic mass is 32.2. The fraction of sp³-hybridized carbons (Fsp3) is 0.333. The largest absolute Gasteiger partial charge is 0.497 e. The summed E-state index contributed by atoms with van der Waals surface area (Å²) in [5.41, 5.74) is 5.28. The van der Waals surface area contributed by atoms with Crippen LogP contribution >= 0.6 is 0 Å². The second-order valence-corrected chi connectivity index (χ2v) is 6.22. The topological polar surface area (TPSA) is 120 Å². The number of sulfone groups is 1. The highest BCUT2D eigenvalue weighted by Crippen LogP contribution is 2.17. The molecule has 0 aliphatic carbocycles. The summed E-state index contributed by atoms with van der Waals surface area (Å²) in [7, 11) is -1.93. The zero-order chi connectivity index (χ0) is 15.3. The molecule has 0 bridgehead atoms. The second kappa shape index (κ2) is 6.44. The van der Waals surface area contributed by atoms with Crippen molar-refractivity contribution < 1.29 is 17.9 Å². The monoisotopic (exact) mass is 312 g/mol. The van der Waals surface area contributed by atoms with Crippen LogP contribution in [0.15, 0.2) is 29.4 Å². The quantitative estimate of drug-likeness (QED) is 0.720. The molecule has 0 amide bonds. The predicted molar refractivity (Wildman–Crippen MR) is 76.0 cm³/mol. The number of nitrogens with zero attached hydrogens (tertiary/aromatic N) is 2. The third kappa shape index (κ3) is 4.09. The predicted octanol–water partition coefficient (Wildman–Crippen LogP) is 0.638. The summed E-state index contributed by atoms with van der Waals surface area (Å²) in [6.07, 6.45) is 0.328. The van der Waals surface area contributed by atoms with Gasteiger partial charge >= 0.3 is 0 Å². The second-order valence-electron chi connectivity index (χ2n) is 4.20. The van der Waals surface area contributed by atoms with Crippen LogP contribution in [0, 0.1) is 0 Å². The summed E-state index contributed by atoms with van der Waals surface area (Å²) in [5.74, 6) is 1.19. The molecule has 1 heterocycles. The van der Waals surface area contributed by atoms with Crippen molar-refractivity contribution in [2.45, 2.75) is 11.6 Å². The Hall–Kier alpha value is -2.29. The lowest BCUT2D eigenvalue weighted by Crippen LogP contribution is -2.12. The third-order valence-corrected chi connectivity index (χ3v) is 4.26. The van der Waals surface area contributed by atoms with Crippen LogP contribution in [0.4, 0.5) is 5.95 Å². The fourth-order valence-corrected chi connectivity index (χ4v) is 2.71. The van der Waals surface area contributed by atoms with Crippen molar-refractivity contribution in [2.75, 3.05) is 25.2 Å². The maximum Gasteiger partial charge on any atom is 0.244 e. The van der Waals surface area contributed by atoms with Crippen LogP contribution in [0.3, 0.4) is 0 Å². The number of methoxy groups -OCH3 is 1. The average Bonchev–Trinajstić information content (AvgIpc) is 2.92. The summed E-state index contributed by atoms with van der Waals surface area (Å²) in [6.45, 7) is 0.273. The first kappa shape index (κ1) is 15.1. The fourth-order valence-electron chi connectivity index (χ4n) is 1.61. The molecule has 0 spiro atoms. The Morgan fingerprint density at radius 2 is 1.90 bits per heavy atom. The molecule has 1 aromatic carbocycles. The van der Waals surface area contributed by atoms with Crippen molar-refractivity contribution in [3.8, 4) is 11.5 Å². The Balaban J connectivity index is 1.81. The van der Waals surface area contributed by atoms with E-state index in [0.29, 0.717) is 12.2 Å². The first-order chi connectivity index (χ1) is 10.0. The molecule has 3 N–H and O–H groups in total. The highest BCUT2D eigenvalue weighted by molar-refractivity contribution is 7.91. The van der Waals surface area contributed by atoms with Gasteiger partial charge in [0.2, 0.25) is 20.9 Å². The molecule has 1 aromatic heterocycles. The Kier molecular flexibility index (Phi) is 4.63. The molecule has 0 saturated heterocycles. The maximum atomic E-state index is 11.9. The SMILES string of the molecule is COc1ccc(OCCCS(=O)(=O)c2nc(N)n[nH]2)cc1. The van der Waals surface area contributed by atoms with Crippen molar-refractivity contribution in [1.29, 1.82) is 0 Å². The van der Waals surface area contributed by atoms with Crippen LogP contribution in [-0.2, 0) is 9.84 Å². The van der Waals surface area contributed by atoms with E-state index in [1.807, 2.05) is 0 Å². The van der Waals surface area contributed by atoms with Gasteiger partial charge in [-0.15, -0.1) is 5.10 Å². The van der Waals surface area contributed by atoms with E-state index >= 15 is 0 Å². The van der Waals surface area contributed by atoms with E-state index in [0.717, 1.165) is 5.75 Å². The van der Waals surface area contributed by atoms with Crippen LogP contribution in [-0.4, -0.2) is 43.1 Å². The molecular formula is C12H16N4O4S. The van der Waals surface area contributed by atoms with Gasteiger partial charge in [0, 0.05) is 0 Å². The number of ether oxygens (including phenoxy) is 2. The van der Waals surface area contributed by atoms with E-state index in [1.54, 1.807) is 31.4 Å². The molecule has 0 saturated carbocycles. The van der Waals surface area contributed by atoms with Gasteiger partial charge in [-0.25, -0.2) is 13.5 Å². The van der Waals surface area contributed by atoms with Gasteiger partial charge in [0.15, 0.2) is 0 Å². The number of anilines is 1. The van der Waals surface area contributed by atoms with E-state index in [-0.39, 0.29) is 23.5 Å².